The molecule has 0 amide bonds. The standard InChI is InChI=1S/C21H31FN6O.HI/c1-15(29-19-11-9-17(22)10-12-19)13-23-21(25-18-7-5-4-6-8-18)24-14-20-27-26-16(2)28(20)3;/h9-12,15,18H,4-8,13-14H2,1-3H3,(H2,23,24,25);1H. The maximum Gasteiger partial charge on any atom is 0.192 e. The van der Waals surface area contributed by atoms with Gasteiger partial charge in [0.2, 0.25) is 0 Å². The highest BCUT2D eigenvalue weighted by atomic mass is 127. The third-order valence-corrected chi connectivity index (χ3v) is 5.22. The van der Waals surface area contributed by atoms with Gasteiger partial charge in [-0.05, 0) is 51.0 Å². The molecule has 1 heterocycles. The van der Waals surface area contributed by atoms with Gasteiger partial charge in [0.05, 0.1) is 6.54 Å². The van der Waals surface area contributed by atoms with Crippen LogP contribution in [0.25, 0.3) is 0 Å². The topological polar surface area (TPSA) is 76.4 Å². The normalized spacial score (nSPS) is 15.9. The van der Waals surface area contributed by atoms with Crippen LogP contribution in [0.2, 0.25) is 0 Å². The summed E-state index contributed by atoms with van der Waals surface area (Å²) in [5.74, 6) is 2.82. The number of guanidine groups is 1. The molecule has 166 valence electrons. The summed E-state index contributed by atoms with van der Waals surface area (Å²) in [7, 11) is 1.94. The number of aromatic nitrogens is 3. The summed E-state index contributed by atoms with van der Waals surface area (Å²) in [5, 5.41) is 15.2. The Morgan fingerprint density at radius 3 is 2.57 bits per heavy atom. The minimum Gasteiger partial charge on any atom is -0.489 e. The molecule has 2 aromatic rings. The van der Waals surface area contributed by atoms with Gasteiger partial charge in [-0.2, -0.15) is 0 Å². The van der Waals surface area contributed by atoms with E-state index in [1.54, 1.807) is 12.1 Å². The van der Waals surface area contributed by atoms with Gasteiger partial charge in [0.1, 0.15) is 30.0 Å². The van der Waals surface area contributed by atoms with Crippen molar-refractivity contribution < 1.29 is 9.13 Å². The number of rotatable bonds is 7. The molecule has 1 aliphatic carbocycles. The Morgan fingerprint density at radius 1 is 1.23 bits per heavy atom. The number of aryl methyl sites for hydroxylation is 1. The zero-order valence-electron chi connectivity index (χ0n) is 17.9. The lowest BCUT2D eigenvalue weighted by Crippen LogP contribution is -2.46. The first-order valence-electron chi connectivity index (χ1n) is 10.3. The largest absolute Gasteiger partial charge is 0.489 e. The fourth-order valence-electron chi connectivity index (χ4n) is 3.36. The number of halogens is 2. The van der Waals surface area contributed by atoms with Crippen molar-refractivity contribution in [3.63, 3.8) is 0 Å². The summed E-state index contributed by atoms with van der Waals surface area (Å²) in [6, 6.07) is 6.51. The monoisotopic (exact) mass is 530 g/mol. The molecule has 1 aromatic heterocycles. The number of nitrogens with one attached hydrogen (secondary N) is 2. The predicted molar refractivity (Wildman–Crippen MR) is 127 cm³/mol. The van der Waals surface area contributed by atoms with E-state index in [0.717, 1.165) is 30.5 Å². The Balaban J connectivity index is 0.00000320. The maximum absolute atomic E-state index is 13.1. The van der Waals surface area contributed by atoms with Crippen LogP contribution >= 0.6 is 24.0 Å². The Hall–Kier alpha value is -1.91. The first-order chi connectivity index (χ1) is 14.0. The Kier molecular flexibility index (Phi) is 9.80. The number of aliphatic imine (C=N–C) groups is 1. The van der Waals surface area contributed by atoms with Gasteiger partial charge in [0, 0.05) is 13.1 Å². The lowest BCUT2D eigenvalue weighted by atomic mass is 9.96. The first kappa shape index (κ1) is 24.4. The lowest BCUT2D eigenvalue weighted by Gasteiger charge is -2.26. The van der Waals surface area contributed by atoms with Crippen molar-refractivity contribution in [1.82, 2.24) is 25.4 Å². The molecule has 0 radical (unpaired) electrons. The van der Waals surface area contributed by atoms with Crippen LogP contribution in [0.15, 0.2) is 29.3 Å². The third kappa shape index (κ3) is 7.41. The van der Waals surface area contributed by atoms with Crippen LogP contribution in [-0.4, -0.2) is 39.4 Å². The molecule has 9 heteroatoms. The number of ether oxygens (including phenoxy) is 1. The lowest BCUT2D eigenvalue weighted by molar-refractivity contribution is 0.223. The van der Waals surface area contributed by atoms with Gasteiger partial charge in [-0.25, -0.2) is 9.38 Å². The number of benzene rings is 1. The molecule has 7 nitrogen and oxygen atoms in total. The van der Waals surface area contributed by atoms with E-state index in [2.05, 4.69) is 20.8 Å². The van der Waals surface area contributed by atoms with Gasteiger partial charge in [0.15, 0.2) is 11.8 Å². The maximum atomic E-state index is 13.1. The fraction of sp³-hybridized carbons (Fsp3) is 0.571. The molecule has 0 aliphatic heterocycles. The number of hydrogen-bond acceptors (Lipinski definition) is 4. The van der Waals surface area contributed by atoms with Crippen molar-refractivity contribution >= 4 is 29.9 Å². The molecule has 0 bridgehead atoms. The number of hydrogen-bond donors (Lipinski definition) is 2. The molecule has 0 spiro atoms. The van der Waals surface area contributed by atoms with Crippen LogP contribution in [0.1, 0.15) is 50.7 Å². The fourth-order valence-corrected chi connectivity index (χ4v) is 3.36. The van der Waals surface area contributed by atoms with Crippen molar-refractivity contribution in [2.24, 2.45) is 12.0 Å². The second-order valence-corrected chi connectivity index (χ2v) is 7.63. The quantitative estimate of drug-likeness (QED) is 0.324. The van der Waals surface area contributed by atoms with Gasteiger partial charge in [-0.15, -0.1) is 34.2 Å². The zero-order chi connectivity index (χ0) is 20.6. The average Bonchev–Trinajstić information content (AvgIpc) is 3.04. The average molecular weight is 530 g/mol. The second kappa shape index (κ2) is 12.1. The van der Waals surface area contributed by atoms with Crippen LogP contribution < -0.4 is 15.4 Å². The summed E-state index contributed by atoms with van der Waals surface area (Å²) in [5.41, 5.74) is 0. The Morgan fingerprint density at radius 2 is 1.93 bits per heavy atom. The van der Waals surface area contributed by atoms with Gasteiger partial charge >= 0.3 is 0 Å². The summed E-state index contributed by atoms with van der Waals surface area (Å²) >= 11 is 0. The smallest absolute Gasteiger partial charge is 0.192 e. The molecule has 3 rings (SSSR count). The van der Waals surface area contributed by atoms with Gasteiger partial charge in [-0.3, -0.25) is 0 Å². The van der Waals surface area contributed by atoms with Crippen LogP contribution in [-0.2, 0) is 13.6 Å². The third-order valence-electron chi connectivity index (χ3n) is 5.22. The molecule has 30 heavy (non-hydrogen) atoms. The van der Waals surface area contributed by atoms with E-state index in [0.29, 0.717) is 24.9 Å². The molecule has 1 aromatic carbocycles. The molecule has 1 unspecified atom stereocenters. The molecular formula is C21H32FIN6O. The first-order valence-corrected chi connectivity index (χ1v) is 10.3. The van der Waals surface area contributed by atoms with Crippen molar-refractivity contribution in [3.8, 4) is 5.75 Å². The van der Waals surface area contributed by atoms with Crippen LogP contribution in [0.5, 0.6) is 5.75 Å². The highest BCUT2D eigenvalue weighted by Crippen LogP contribution is 2.17. The van der Waals surface area contributed by atoms with Crippen molar-refractivity contribution in [2.75, 3.05) is 6.54 Å². The van der Waals surface area contributed by atoms with Crippen LogP contribution in [0.3, 0.4) is 0 Å². The molecule has 2 N–H and O–H groups in total. The van der Waals surface area contributed by atoms with Crippen LogP contribution in [0, 0.1) is 12.7 Å². The van der Waals surface area contributed by atoms with Gasteiger partial charge in [-0.1, -0.05) is 19.3 Å². The number of nitrogens with zero attached hydrogens (tertiary/aromatic N) is 4. The van der Waals surface area contributed by atoms with Crippen molar-refractivity contribution in [2.45, 2.75) is 64.6 Å². The van der Waals surface area contributed by atoms with E-state index < -0.39 is 0 Å². The molecule has 1 atom stereocenters. The van der Waals surface area contributed by atoms with E-state index in [1.807, 2.05) is 25.5 Å². The minimum atomic E-state index is -0.270. The molecule has 1 fully saturated rings. The molecule has 0 saturated heterocycles. The van der Waals surface area contributed by atoms with Crippen LogP contribution in [0.4, 0.5) is 4.39 Å². The Labute approximate surface area is 194 Å². The van der Waals surface area contributed by atoms with E-state index in [4.69, 9.17) is 9.73 Å². The predicted octanol–water partition coefficient (Wildman–Crippen LogP) is 3.72. The van der Waals surface area contributed by atoms with Gasteiger partial charge < -0.3 is 19.9 Å². The van der Waals surface area contributed by atoms with E-state index in [-0.39, 0.29) is 35.9 Å². The summed E-state index contributed by atoms with van der Waals surface area (Å²) < 4.78 is 20.9. The molecule has 1 aliphatic rings. The summed E-state index contributed by atoms with van der Waals surface area (Å²) in [6.07, 6.45) is 6.01. The van der Waals surface area contributed by atoms with Crippen molar-refractivity contribution in [3.05, 3.63) is 41.7 Å². The van der Waals surface area contributed by atoms with Crippen molar-refractivity contribution in [1.29, 1.82) is 0 Å². The molecular weight excluding hydrogens is 498 g/mol. The molecule has 1 saturated carbocycles. The zero-order valence-corrected chi connectivity index (χ0v) is 20.2. The Bertz CT molecular complexity index is 804. The van der Waals surface area contributed by atoms with E-state index in [1.165, 1.54) is 31.4 Å². The highest BCUT2D eigenvalue weighted by Gasteiger charge is 2.16. The van der Waals surface area contributed by atoms with Gasteiger partial charge in [0.25, 0.3) is 0 Å². The minimum absolute atomic E-state index is 0. The summed E-state index contributed by atoms with van der Waals surface area (Å²) in [4.78, 5) is 4.72. The van der Waals surface area contributed by atoms with E-state index in [9.17, 15) is 4.39 Å². The highest BCUT2D eigenvalue weighted by molar-refractivity contribution is 14.0. The SMILES string of the molecule is Cc1nnc(CN=C(NCC(C)Oc2ccc(F)cc2)NC2CCCCC2)n1C.I. The summed E-state index contributed by atoms with van der Waals surface area (Å²) in [6.45, 7) is 4.93. The van der Waals surface area contributed by atoms with E-state index >= 15 is 0 Å². The second-order valence-electron chi connectivity index (χ2n) is 7.63.